The summed E-state index contributed by atoms with van der Waals surface area (Å²) in [5.74, 6) is -1.54. The molecule has 0 bridgehead atoms. The lowest BCUT2D eigenvalue weighted by molar-refractivity contribution is -0.141. The number of rotatable bonds is 5. The van der Waals surface area contributed by atoms with Crippen molar-refractivity contribution in [2.75, 3.05) is 0 Å². The average molecular weight is 363 g/mol. The van der Waals surface area contributed by atoms with E-state index in [1.807, 2.05) is 4.72 Å². The van der Waals surface area contributed by atoms with Crippen molar-refractivity contribution in [3.8, 4) is 0 Å². The number of sulfonamides is 1. The van der Waals surface area contributed by atoms with E-state index in [0.29, 0.717) is 0 Å². The van der Waals surface area contributed by atoms with E-state index in [0.717, 1.165) is 19.1 Å². The van der Waals surface area contributed by atoms with Crippen LogP contribution in [0.5, 0.6) is 0 Å². The topological polar surface area (TPSA) is 104 Å². The highest BCUT2D eigenvalue weighted by atomic mass is 35.5. The molecule has 6 nitrogen and oxygen atoms in total. The second kappa shape index (κ2) is 6.46. The third-order valence-corrected chi connectivity index (χ3v) is 4.84. The van der Waals surface area contributed by atoms with Crippen LogP contribution in [-0.2, 0) is 14.8 Å². The Morgan fingerprint density at radius 3 is 2.05 bits per heavy atom. The maximum atomic E-state index is 12.1. The molecule has 0 heterocycles. The van der Waals surface area contributed by atoms with Crippen LogP contribution in [0.4, 0.5) is 0 Å². The Balaban J connectivity index is 3.28. The van der Waals surface area contributed by atoms with Crippen LogP contribution in [0.1, 0.15) is 6.92 Å². The molecule has 0 unspecified atom stereocenters. The minimum Gasteiger partial charge on any atom is -0.480 e. The Bertz CT molecular complexity index is 609. The van der Waals surface area contributed by atoms with Crippen LogP contribution in [0.3, 0.4) is 0 Å². The van der Waals surface area contributed by atoms with Gasteiger partial charge in [0.2, 0.25) is 10.0 Å². The SMILES string of the molecule is C[C@@H](O)[C@H](NS(=O)(=O)c1c(Cl)cc(Cl)cc1Cl)C(=O)O. The molecule has 1 rings (SSSR count). The Hall–Kier alpha value is -0.570. The van der Waals surface area contributed by atoms with E-state index in [-0.39, 0.29) is 15.1 Å². The first-order valence-corrected chi connectivity index (χ1v) is 7.75. The third kappa shape index (κ3) is 3.97. The van der Waals surface area contributed by atoms with E-state index in [2.05, 4.69) is 0 Å². The van der Waals surface area contributed by atoms with E-state index in [1.54, 1.807) is 0 Å². The highest BCUT2D eigenvalue weighted by Gasteiger charge is 2.31. The standard InChI is InChI=1S/C10H10Cl3NO5S/c1-4(15)8(10(16)17)14-20(18,19)9-6(12)2-5(11)3-7(9)13/h2-4,8,14-15H,1H3,(H,16,17)/t4-,8+/m1/s1. The third-order valence-electron chi connectivity index (χ3n) is 2.26. The summed E-state index contributed by atoms with van der Waals surface area (Å²) in [5, 5.41) is 17.8. The molecule has 0 aliphatic carbocycles. The summed E-state index contributed by atoms with van der Waals surface area (Å²) in [4.78, 5) is 10.4. The van der Waals surface area contributed by atoms with Crippen molar-refractivity contribution < 1.29 is 23.4 Å². The minimum absolute atomic E-state index is 0.129. The van der Waals surface area contributed by atoms with E-state index < -0.39 is 33.0 Å². The summed E-state index contributed by atoms with van der Waals surface area (Å²) in [6, 6.07) is 0.575. The van der Waals surface area contributed by atoms with Gasteiger partial charge in [-0.1, -0.05) is 34.8 Å². The maximum absolute atomic E-state index is 12.1. The van der Waals surface area contributed by atoms with E-state index in [4.69, 9.17) is 39.9 Å². The molecular weight excluding hydrogens is 353 g/mol. The van der Waals surface area contributed by atoms with Crippen molar-refractivity contribution in [1.29, 1.82) is 0 Å². The number of nitrogens with one attached hydrogen (secondary N) is 1. The highest BCUT2D eigenvalue weighted by molar-refractivity contribution is 7.89. The number of carboxylic acids is 1. The summed E-state index contributed by atoms with van der Waals surface area (Å²) < 4.78 is 26.0. The molecule has 0 fully saturated rings. The van der Waals surface area contributed by atoms with Crippen molar-refractivity contribution in [2.24, 2.45) is 0 Å². The predicted molar refractivity (Wildman–Crippen MR) is 74.9 cm³/mol. The van der Waals surface area contributed by atoms with Crippen LogP contribution in [0.2, 0.25) is 15.1 Å². The van der Waals surface area contributed by atoms with Gasteiger partial charge in [-0.25, -0.2) is 8.42 Å². The maximum Gasteiger partial charge on any atom is 0.324 e. The molecule has 2 atom stereocenters. The summed E-state index contributed by atoms with van der Waals surface area (Å²) in [7, 11) is -4.34. The van der Waals surface area contributed by atoms with Crippen molar-refractivity contribution in [2.45, 2.75) is 24.0 Å². The summed E-state index contributed by atoms with van der Waals surface area (Å²) >= 11 is 17.2. The molecule has 0 spiro atoms. The van der Waals surface area contributed by atoms with Crippen LogP contribution in [0, 0.1) is 0 Å². The van der Waals surface area contributed by atoms with Gasteiger partial charge in [-0.2, -0.15) is 4.72 Å². The second-order valence-corrected chi connectivity index (χ2v) is 6.78. The van der Waals surface area contributed by atoms with Gasteiger partial charge in [-0.3, -0.25) is 4.79 Å². The van der Waals surface area contributed by atoms with Gasteiger partial charge < -0.3 is 10.2 Å². The lowest BCUT2D eigenvalue weighted by atomic mass is 10.2. The van der Waals surface area contributed by atoms with Gasteiger partial charge in [-0.05, 0) is 19.1 Å². The van der Waals surface area contributed by atoms with Crippen LogP contribution in [-0.4, -0.2) is 36.7 Å². The molecule has 0 aliphatic heterocycles. The molecule has 3 N–H and O–H groups in total. The largest absolute Gasteiger partial charge is 0.480 e. The van der Waals surface area contributed by atoms with Crippen molar-refractivity contribution in [3.05, 3.63) is 27.2 Å². The number of hydrogen-bond acceptors (Lipinski definition) is 4. The van der Waals surface area contributed by atoms with Crippen molar-refractivity contribution in [1.82, 2.24) is 4.72 Å². The predicted octanol–water partition coefficient (Wildman–Crippen LogP) is 1.76. The van der Waals surface area contributed by atoms with Gasteiger partial charge in [0, 0.05) is 5.02 Å². The number of benzene rings is 1. The molecule has 0 aromatic heterocycles. The second-order valence-electron chi connectivity index (χ2n) is 3.88. The monoisotopic (exact) mass is 361 g/mol. The van der Waals surface area contributed by atoms with E-state index in [1.165, 1.54) is 0 Å². The first kappa shape index (κ1) is 17.5. The highest BCUT2D eigenvalue weighted by Crippen LogP contribution is 2.32. The number of carbonyl (C=O) groups is 1. The first-order valence-electron chi connectivity index (χ1n) is 5.14. The Kier molecular flexibility index (Phi) is 5.65. The molecule has 0 aliphatic rings. The van der Waals surface area contributed by atoms with Gasteiger partial charge in [-0.15, -0.1) is 0 Å². The summed E-state index contributed by atoms with van der Waals surface area (Å²) in [6.07, 6.45) is -1.45. The zero-order valence-electron chi connectivity index (χ0n) is 9.97. The van der Waals surface area contributed by atoms with Gasteiger partial charge in [0.15, 0.2) is 0 Å². The Labute approximate surface area is 130 Å². The van der Waals surface area contributed by atoms with Crippen molar-refractivity contribution in [3.63, 3.8) is 0 Å². The van der Waals surface area contributed by atoms with Gasteiger partial charge in [0.25, 0.3) is 0 Å². The summed E-state index contributed by atoms with van der Waals surface area (Å²) in [6.45, 7) is 1.13. The number of aliphatic hydroxyl groups excluding tert-OH is 1. The molecule has 0 saturated heterocycles. The smallest absolute Gasteiger partial charge is 0.324 e. The van der Waals surface area contributed by atoms with E-state index in [9.17, 15) is 18.3 Å². The summed E-state index contributed by atoms with van der Waals surface area (Å²) in [5.41, 5.74) is 0. The Morgan fingerprint density at radius 1 is 1.25 bits per heavy atom. The van der Waals surface area contributed by atoms with Crippen LogP contribution in [0.25, 0.3) is 0 Å². The molecule has 20 heavy (non-hydrogen) atoms. The molecular formula is C10H10Cl3NO5S. The normalized spacial score (nSPS) is 14.8. The molecule has 0 radical (unpaired) electrons. The molecule has 112 valence electrons. The number of aliphatic hydroxyl groups is 1. The molecule has 10 heteroatoms. The van der Waals surface area contributed by atoms with Gasteiger partial charge in [0.05, 0.1) is 16.1 Å². The quantitative estimate of drug-likeness (QED) is 0.740. The van der Waals surface area contributed by atoms with Crippen LogP contribution in [0.15, 0.2) is 17.0 Å². The average Bonchev–Trinajstić information content (AvgIpc) is 2.23. The minimum atomic E-state index is -4.34. The zero-order chi connectivity index (χ0) is 15.7. The zero-order valence-corrected chi connectivity index (χ0v) is 13.1. The fourth-order valence-corrected chi connectivity index (χ4v) is 4.17. The van der Waals surface area contributed by atoms with E-state index >= 15 is 0 Å². The fraction of sp³-hybridized carbons (Fsp3) is 0.300. The van der Waals surface area contributed by atoms with Gasteiger partial charge >= 0.3 is 5.97 Å². The van der Waals surface area contributed by atoms with Crippen LogP contribution < -0.4 is 4.72 Å². The number of halogens is 3. The lowest BCUT2D eigenvalue weighted by Gasteiger charge is -2.18. The van der Waals surface area contributed by atoms with Crippen LogP contribution >= 0.6 is 34.8 Å². The molecule has 0 saturated carbocycles. The number of hydrogen-bond donors (Lipinski definition) is 3. The molecule has 0 amide bonds. The molecule has 1 aromatic carbocycles. The first-order chi connectivity index (χ1) is 9.06. The lowest BCUT2D eigenvalue weighted by Crippen LogP contribution is -2.47. The number of carboxylic acid groups (broad SMARTS) is 1. The number of aliphatic carboxylic acids is 1. The van der Waals surface area contributed by atoms with Gasteiger partial charge in [0.1, 0.15) is 10.9 Å². The Morgan fingerprint density at radius 2 is 1.70 bits per heavy atom. The fourth-order valence-electron chi connectivity index (χ4n) is 1.37. The van der Waals surface area contributed by atoms with Crippen molar-refractivity contribution >= 4 is 50.8 Å². The molecule has 1 aromatic rings.